The molecule has 110 valence electrons. The van der Waals surface area contributed by atoms with E-state index in [1.165, 1.54) is 12.1 Å². The second-order valence-electron chi connectivity index (χ2n) is 4.78. The van der Waals surface area contributed by atoms with Crippen LogP contribution in [0.3, 0.4) is 0 Å². The van der Waals surface area contributed by atoms with Crippen LogP contribution in [0.2, 0.25) is 0 Å². The molecule has 1 N–H and O–H groups in total. The summed E-state index contributed by atoms with van der Waals surface area (Å²) < 4.78 is 0.871. The van der Waals surface area contributed by atoms with Crippen molar-refractivity contribution < 1.29 is 9.72 Å². The van der Waals surface area contributed by atoms with Crippen LogP contribution in [-0.2, 0) is 11.2 Å². The number of nitrogens with one attached hydrogen (secondary N) is 1. The molecule has 2 aromatic carbocycles. The largest absolute Gasteiger partial charge is 0.273 e. The molecule has 0 unspecified atom stereocenters. The normalized spacial score (nSPS) is 13.7. The highest BCUT2D eigenvalue weighted by Gasteiger charge is 2.19. The van der Waals surface area contributed by atoms with E-state index < -0.39 is 4.92 Å². The summed E-state index contributed by atoms with van der Waals surface area (Å²) in [6, 6.07) is 11.7. The van der Waals surface area contributed by atoms with Crippen LogP contribution in [0.5, 0.6) is 0 Å². The molecular weight excluding hydrogens is 350 g/mol. The van der Waals surface area contributed by atoms with E-state index in [0.717, 1.165) is 15.6 Å². The number of nitro benzene ring substituents is 1. The fourth-order valence-electron chi connectivity index (χ4n) is 2.28. The standard InChI is InChI=1S/C15H10BrN3O3/c16-11-4-1-10-7-14(20)17-18-15(13(10)8-11)9-2-5-12(6-3-9)19(21)22/h1-6,8H,7H2,(H,17,20). The van der Waals surface area contributed by atoms with Crippen molar-refractivity contribution in [2.45, 2.75) is 6.42 Å². The van der Waals surface area contributed by atoms with E-state index in [0.29, 0.717) is 11.3 Å². The molecule has 1 aliphatic heterocycles. The van der Waals surface area contributed by atoms with Gasteiger partial charge in [-0.25, -0.2) is 5.43 Å². The summed E-state index contributed by atoms with van der Waals surface area (Å²) in [6.07, 6.45) is 0.239. The van der Waals surface area contributed by atoms with Gasteiger partial charge in [0.2, 0.25) is 5.91 Å². The SMILES string of the molecule is O=C1Cc2ccc(Br)cc2C(c2ccc([N+](=O)[O-])cc2)=NN1. The third-order valence-electron chi connectivity index (χ3n) is 3.32. The number of halogens is 1. The van der Waals surface area contributed by atoms with Crippen LogP contribution in [0.4, 0.5) is 5.69 Å². The molecule has 1 aliphatic rings. The predicted molar refractivity (Wildman–Crippen MR) is 84.7 cm³/mol. The Morgan fingerprint density at radius 2 is 1.91 bits per heavy atom. The van der Waals surface area contributed by atoms with Crippen molar-refractivity contribution in [2.24, 2.45) is 5.10 Å². The summed E-state index contributed by atoms with van der Waals surface area (Å²) in [7, 11) is 0. The van der Waals surface area contributed by atoms with E-state index in [1.807, 2.05) is 18.2 Å². The first-order chi connectivity index (χ1) is 10.5. The van der Waals surface area contributed by atoms with Gasteiger partial charge in [0.15, 0.2) is 0 Å². The zero-order valence-corrected chi connectivity index (χ0v) is 12.8. The van der Waals surface area contributed by atoms with Crippen molar-refractivity contribution in [3.8, 4) is 0 Å². The highest BCUT2D eigenvalue weighted by atomic mass is 79.9. The van der Waals surface area contributed by atoms with Gasteiger partial charge in [-0.1, -0.05) is 22.0 Å². The van der Waals surface area contributed by atoms with Crippen LogP contribution in [-0.4, -0.2) is 16.5 Å². The van der Waals surface area contributed by atoms with Gasteiger partial charge in [0, 0.05) is 27.7 Å². The van der Waals surface area contributed by atoms with Gasteiger partial charge in [-0.2, -0.15) is 5.10 Å². The van der Waals surface area contributed by atoms with E-state index >= 15 is 0 Å². The highest BCUT2D eigenvalue weighted by Crippen LogP contribution is 2.23. The van der Waals surface area contributed by atoms with E-state index in [2.05, 4.69) is 26.5 Å². The summed E-state index contributed by atoms with van der Waals surface area (Å²) >= 11 is 3.41. The van der Waals surface area contributed by atoms with Crippen molar-refractivity contribution >= 4 is 33.2 Å². The fourth-order valence-corrected chi connectivity index (χ4v) is 2.64. The van der Waals surface area contributed by atoms with Gasteiger partial charge in [0.05, 0.1) is 17.1 Å². The van der Waals surface area contributed by atoms with Crippen molar-refractivity contribution in [1.29, 1.82) is 0 Å². The number of hydrogen-bond donors (Lipinski definition) is 1. The molecule has 1 amide bonds. The number of non-ortho nitro benzene ring substituents is 1. The van der Waals surface area contributed by atoms with E-state index in [1.54, 1.807) is 12.1 Å². The predicted octanol–water partition coefficient (Wildman–Crippen LogP) is 2.78. The molecule has 1 heterocycles. The lowest BCUT2D eigenvalue weighted by Gasteiger charge is -2.09. The smallest absolute Gasteiger partial charge is 0.269 e. The molecule has 0 saturated carbocycles. The third kappa shape index (κ3) is 2.75. The summed E-state index contributed by atoms with van der Waals surface area (Å²) in [5.41, 5.74) is 5.47. The minimum absolute atomic E-state index is 0.0106. The molecule has 0 aliphatic carbocycles. The van der Waals surface area contributed by atoms with Gasteiger partial charge in [-0.05, 0) is 29.8 Å². The Morgan fingerprint density at radius 3 is 2.59 bits per heavy atom. The van der Waals surface area contributed by atoms with Crippen molar-refractivity contribution in [2.75, 3.05) is 0 Å². The second-order valence-corrected chi connectivity index (χ2v) is 5.69. The summed E-state index contributed by atoms with van der Waals surface area (Å²) in [4.78, 5) is 22.0. The first kappa shape index (κ1) is 14.4. The number of nitrogens with zero attached hydrogens (tertiary/aromatic N) is 2. The zero-order valence-electron chi connectivity index (χ0n) is 11.2. The monoisotopic (exact) mass is 359 g/mol. The van der Waals surface area contributed by atoms with Crippen molar-refractivity contribution in [3.05, 3.63) is 73.7 Å². The van der Waals surface area contributed by atoms with Crippen LogP contribution >= 0.6 is 15.9 Å². The Balaban J connectivity index is 2.11. The first-order valence-electron chi connectivity index (χ1n) is 6.45. The average molecular weight is 360 g/mol. The molecule has 0 fully saturated rings. The lowest BCUT2D eigenvalue weighted by molar-refractivity contribution is -0.384. The number of nitro groups is 1. The average Bonchev–Trinajstić information content (AvgIpc) is 2.66. The number of rotatable bonds is 2. The fraction of sp³-hybridized carbons (Fsp3) is 0.0667. The first-order valence-corrected chi connectivity index (χ1v) is 7.24. The highest BCUT2D eigenvalue weighted by molar-refractivity contribution is 9.10. The van der Waals surface area contributed by atoms with Gasteiger partial charge in [0.25, 0.3) is 5.69 Å². The Morgan fingerprint density at radius 1 is 1.18 bits per heavy atom. The van der Waals surface area contributed by atoms with Crippen LogP contribution in [0.15, 0.2) is 52.0 Å². The minimum Gasteiger partial charge on any atom is -0.273 e. The Bertz CT molecular complexity index is 800. The Labute approximate surface area is 134 Å². The number of amides is 1. The molecule has 0 atom stereocenters. The van der Waals surface area contributed by atoms with Gasteiger partial charge in [-0.15, -0.1) is 0 Å². The number of benzene rings is 2. The second kappa shape index (κ2) is 5.69. The van der Waals surface area contributed by atoms with Gasteiger partial charge < -0.3 is 0 Å². The van der Waals surface area contributed by atoms with E-state index in [4.69, 9.17) is 0 Å². The summed E-state index contributed by atoms with van der Waals surface area (Å²) in [5, 5.41) is 14.9. The Hall–Kier alpha value is -2.54. The maximum atomic E-state index is 11.7. The van der Waals surface area contributed by atoms with Gasteiger partial charge >= 0.3 is 0 Å². The van der Waals surface area contributed by atoms with Crippen LogP contribution in [0.25, 0.3) is 0 Å². The van der Waals surface area contributed by atoms with E-state index in [9.17, 15) is 14.9 Å². The molecule has 0 bridgehead atoms. The molecule has 6 nitrogen and oxygen atoms in total. The third-order valence-corrected chi connectivity index (χ3v) is 3.82. The number of carbonyl (C=O) groups is 1. The molecule has 22 heavy (non-hydrogen) atoms. The zero-order chi connectivity index (χ0) is 15.7. The molecule has 0 saturated heterocycles. The number of fused-ring (bicyclic) bond motifs is 1. The summed E-state index contributed by atoms with van der Waals surface area (Å²) in [6.45, 7) is 0. The number of hydrogen-bond acceptors (Lipinski definition) is 4. The van der Waals surface area contributed by atoms with Crippen LogP contribution in [0.1, 0.15) is 16.7 Å². The maximum absolute atomic E-state index is 11.7. The molecule has 0 radical (unpaired) electrons. The van der Waals surface area contributed by atoms with Gasteiger partial charge in [-0.3, -0.25) is 14.9 Å². The minimum atomic E-state index is -0.453. The van der Waals surface area contributed by atoms with Crippen LogP contribution in [0, 0.1) is 10.1 Å². The molecule has 2 aromatic rings. The van der Waals surface area contributed by atoms with Crippen molar-refractivity contribution in [1.82, 2.24) is 5.43 Å². The molecule has 7 heteroatoms. The lowest BCUT2D eigenvalue weighted by atomic mass is 9.96. The molecule has 3 rings (SSSR count). The lowest BCUT2D eigenvalue weighted by Crippen LogP contribution is -2.18. The Kier molecular flexibility index (Phi) is 3.72. The number of carbonyl (C=O) groups excluding carboxylic acids is 1. The van der Waals surface area contributed by atoms with Gasteiger partial charge in [0.1, 0.15) is 0 Å². The topological polar surface area (TPSA) is 84.6 Å². The maximum Gasteiger partial charge on any atom is 0.269 e. The van der Waals surface area contributed by atoms with Crippen molar-refractivity contribution in [3.63, 3.8) is 0 Å². The molecular formula is C15H10BrN3O3. The molecule has 0 spiro atoms. The van der Waals surface area contributed by atoms with Crippen LogP contribution < -0.4 is 5.43 Å². The summed E-state index contributed by atoms with van der Waals surface area (Å²) in [5.74, 6) is -0.194. The molecule has 0 aromatic heterocycles. The quantitative estimate of drug-likeness (QED) is 0.660. The van der Waals surface area contributed by atoms with E-state index in [-0.39, 0.29) is 18.0 Å². The number of hydrazone groups is 1.